The van der Waals surface area contributed by atoms with Crippen molar-refractivity contribution in [2.75, 3.05) is 47.5 Å². The molecule has 2 aromatic carbocycles. The predicted octanol–water partition coefficient (Wildman–Crippen LogP) is 5.54. The van der Waals surface area contributed by atoms with Crippen LogP contribution in [0.3, 0.4) is 0 Å². The minimum Gasteiger partial charge on any atom is -0.492 e. The van der Waals surface area contributed by atoms with Crippen LogP contribution in [0.4, 0.5) is 0 Å². The second-order valence-electron chi connectivity index (χ2n) is 11.3. The van der Waals surface area contributed by atoms with Crippen molar-refractivity contribution in [3.8, 4) is 5.75 Å². The summed E-state index contributed by atoms with van der Waals surface area (Å²) in [5.74, 6) is 1.66. The minimum atomic E-state index is 0.183. The molecule has 1 aliphatic heterocycles. The van der Waals surface area contributed by atoms with E-state index < -0.39 is 0 Å². The first-order valence-electron chi connectivity index (χ1n) is 13.5. The summed E-state index contributed by atoms with van der Waals surface area (Å²) in [4.78, 5) is 4.75. The van der Waals surface area contributed by atoms with Crippen molar-refractivity contribution in [3.63, 3.8) is 0 Å². The first-order valence-corrected chi connectivity index (χ1v) is 13.5. The maximum atomic E-state index is 6.34. The zero-order chi connectivity index (χ0) is 25.0. The third-order valence-corrected chi connectivity index (χ3v) is 7.94. The van der Waals surface area contributed by atoms with Crippen LogP contribution in [0.25, 0.3) is 11.0 Å². The van der Waals surface area contributed by atoms with Crippen LogP contribution in [-0.4, -0.2) is 62.5 Å². The second kappa shape index (κ2) is 11.3. The number of fused-ring (bicyclic) bond motifs is 1. The number of ether oxygens (including phenoxy) is 2. The van der Waals surface area contributed by atoms with E-state index >= 15 is 0 Å². The molecule has 5 rings (SSSR count). The zero-order valence-electron chi connectivity index (χ0n) is 22.2. The summed E-state index contributed by atoms with van der Waals surface area (Å²) in [6, 6.07) is 15.1. The van der Waals surface area contributed by atoms with Crippen molar-refractivity contribution in [1.29, 1.82) is 0 Å². The molecule has 2 fully saturated rings. The Morgan fingerprint density at radius 1 is 1.06 bits per heavy atom. The molecule has 2 heterocycles. The molecule has 0 radical (unpaired) electrons. The Morgan fingerprint density at radius 2 is 1.83 bits per heavy atom. The van der Waals surface area contributed by atoms with Crippen LogP contribution >= 0.6 is 0 Å². The van der Waals surface area contributed by atoms with E-state index in [4.69, 9.17) is 14.0 Å². The van der Waals surface area contributed by atoms with Gasteiger partial charge in [-0.3, -0.25) is 4.90 Å². The Morgan fingerprint density at radius 3 is 2.53 bits per heavy atom. The lowest BCUT2D eigenvalue weighted by Gasteiger charge is -2.32. The minimum absolute atomic E-state index is 0.183. The normalized spacial score (nSPS) is 18.2. The Kier molecular flexibility index (Phi) is 7.94. The van der Waals surface area contributed by atoms with E-state index in [9.17, 15) is 0 Å². The van der Waals surface area contributed by atoms with Gasteiger partial charge in [-0.1, -0.05) is 35.5 Å². The molecule has 1 saturated carbocycles. The van der Waals surface area contributed by atoms with E-state index in [0.29, 0.717) is 6.61 Å². The largest absolute Gasteiger partial charge is 0.492 e. The van der Waals surface area contributed by atoms with E-state index in [-0.39, 0.29) is 5.41 Å². The number of rotatable bonds is 12. The highest BCUT2D eigenvalue weighted by Gasteiger charge is 2.43. The quantitative estimate of drug-likeness (QED) is 0.332. The van der Waals surface area contributed by atoms with Crippen LogP contribution in [0.15, 0.2) is 47.0 Å². The maximum absolute atomic E-state index is 6.34. The molecule has 194 valence electrons. The van der Waals surface area contributed by atoms with Gasteiger partial charge in [-0.15, -0.1) is 0 Å². The number of aryl methyl sites for hydroxylation is 1. The van der Waals surface area contributed by atoms with Crippen molar-refractivity contribution >= 4 is 11.0 Å². The molecular formula is C30H41N3O3. The number of hydrogen-bond acceptors (Lipinski definition) is 6. The molecule has 1 saturated heterocycles. The molecule has 0 unspecified atom stereocenters. The molecule has 6 heteroatoms. The van der Waals surface area contributed by atoms with E-state index in [1.807, 2.05) is 0 Å². The van der Waals surface area contributed by atoms with Gasteiger partial charge >= 0.3 is 0 Å². The van der Waals surface area contributed by atoms with Gasteiger partial charge in [0.2, 0.25) is 0 Å². The third-order valence-electron chi connectivity index (χ3n) is 7.94. The Labute approximate surface area is 215 Å². The highest BCUT2D eigenvalue weighted by molar-refractivity contribution is 5.84. The van der Waals surface area contributed by atoms with Gasteiger partial charge < -0.3 is 18.9 Å². The van der Waals surface area contributed by atoms with Crippen LogP contribution < -0.4 is 4.74 Å². The number of aromatic nitrogens is 1. The van der Waals surface area contributed by atoms with Crippen LogP contribution in [0.2, 0.25) is 0 Å². The Bertz CT molecular complexity index is 1120. The van der Waals surface area contributed by atoms with E-state index in [0.717, 1.165) is 60.0 Å². The van der Waals surface area contributed by atoms with Crippen molar-refractivity contribution in [2.45, 2.75) is 51.6 Å². The first kappa shape index (κ1) is 25.2. The fourth-order valence-electron chi connectivity index (χ4n) is 5.53. The standard InChI is InChI=1S/C30H41N3O3/c1-32(2)20-26-28(35-22-30(15-16-30)21-34-3)12-10-25-27(31-36-29(25)26)11-9-23-13-17-33(18-14-23)19-24-7-5-4-6-8-24/h4-8,10,12,23H,9,11,13-22H2,1-3H3. The number of benzene rings is 2. The molecule has 6 nitrogen and oxygen atoms in total. The summed E-state index contributed by atoms with van der Waals surface area (Å²) in [6.07, 6.45) is 7.00. The predicted molar refractivity (Wildman–Crippen MR) is 143 cm³/mol. The number of nitrogens with zero attached hydrogens (tertiary/aromatic N) is 3. The van der Waals surface area contributed by atoms with Crippen molar-refractivity contribution in [2.24, 2.45) is 11.3 Å². The summed E-state index contributed by atoms with van der Waals surface area (Å²) < 4.78 is 17.7. The van der Waals surface area contributed by atoms with Gasteiger partial charge in [-0.25, -0.2) is 0 Å². The summed E-state index contributed by atoms with van der Waals surface area (Å²) in [6.45, 7) is 5.63. The number of piperidine rings is 1. The second-order valence-corrected chi connectivity index (χ2v) is 11.3. The summed E-state index contributed by atoms with van der Waals surface area (Å²) in [5.41, 5.74) is 4.65. The van der Waals surface area contributed by atoms with Crippen LogP contribution in [-0.2, 0) is 24.2 Å². The summed E-state index contributed by atoms with van der Waals surface area (Å²) in [7, 11) is 5.93. The van der Waals surface area contributed by atoms with Crippen LogP contribution in [0.1, 0.15) is 48.9 Å². The third kappa shape index (κ3) is 6.10. The van der Waals surface area contributed by atoms with Gasteiger partial charge in [-0.2, -0.15) is 0 Å². The maximum Gasteiger partial charge on any atom is 0.175 e. The molecule has 1 aromatic heterocycles. The van der Waals surface area contributed by atoms with Crippen LogP contribution in [0.5, 0.6) is 5.75 Å². The molecule has 2 aliphatic rings. The Balaban J connectivity index is 1.20. The fraction of sp³-hybridized carbons (Fsp3) is 0.567. The highest BCUT2D eigenvalue weighted by Crippen LogP contribution is 2.46. The molecular weight excluding hydrogens is 450 g/mol. The highest BCUT2D eigenvalue weighted by atomic mass is 16.5. The van der Waals surface area contributed by atoms with Gasteiger partial charge in [0.05, 0.1) is 24.5 Å². The van der Waals surface area contributed by atoms with Gasteiger partial charge in [-0.05, 0) is 89.3 Å². The molecule has 0 amide bonds. The van der Waals surface area contributed by atoms with E-state index in [2.05, 4.69) is 71.5 Å². The molecule has 0 atom stereocenters. The van der Waals surface area contributed by atoms with Gasteiger partial charge in [0.1, 0.15) is 5.75 Å². The smallest absolute Gasteiger partial charge is 0.175 e. The topological polar surface area (TPSA) is 51.0 Å². The van der Waals surface area contributed by atoms with E-state index in [1.54, 1.807) is 7.11 Å². The number of likely N-dealkylation sites (tertiary alicyclic amines) is 1. The zero-order valence-corrected chi connectivity index (χ0v) is 22.2. The van der Waals surface area contributed by atoms with Crippen molar-refractivity contribution < 1.29 is 14.0 Å². The van der Waals surface area contributed by atoms with Crippen molar-refractivity contribution in [1.82, 2.24) is 15.0 Å². The summed E-state index contributed by atoms with van der Waals surface area (Å²) >= 11 is 0. The van der Waals surface area contributed by atoms with Gasteiger partial charge in [0.25, 0.3) is 0 Å². The summed E-state index contributed by atoms with van der Waals surface area (Å²) in [5, 5.41) is 5.67. The van der Waals surface area contributed by atoms with Gasteiger partial charge in [0.15, 0.2) is 5.58 Å². The monoisotopic (exact) mass is 491 g/mol. The van der Waals surface area contributed by atoms with Gasteiger partial charge in [0, 0.05) is 31.0 Å². The Hall–Kier alpha value is -2.41. The fourth-order valence-corrected chi connectivity index (χ4v) is 5.53. The molecule has 3 aromatic rings. The lowest BCUT2D eigenvalue weighted by molar-refractivity contribution is 0.104. The molecule has 1 aliphatic carbocycles. The molecule has 0 spiro atoms. The number of methoxy groups -OCH3 is 1. The SMILES string of the molecule is COCC1(COc2ccc3c(CCC4CCN(Cc5ccccc5)CC4)noc3c2CN(C)C)CC1. The lowest BCUT2D eigenvalue weighted by Crippen LogP contribution is -2.33. The van der Waals surface area contributed by atoms with Crippen molar-refractivity contribution in [3.05, 3.63) is 59.3 Å². The van der Waals surface area contributed by atoms with Crippen LogP contribution in [0, 0.1) is 11.3 Å². The molecule has 36 heavy (non-hydrogen) atoms. The first-order chi connectivity index (χ1) is 17.5. The number of hydrogen-bond donors (Lipinski definition) is 0. The molecule has 0 N–H and O–H groups in total. The average molecular weight is 492 g/mol. The average Bonchev–Trinajstić information content (AvgIpc) is 3.52. The lowest BCUT2D eigenvalue weighted by atomic mass is 9.91. The van der Waals surface area contributed by atoms with E-state index in [1.165, 1.54) is 50.8 Å². The molecule has 0 bridgehead atoms.